The summed E-state index contributed by atoms with van der Waals surface area (Å²) in [4.78, 5) is 15.7. The van der Waals surface area contributed by atoms with E-state index in [0.29, 0.717) is 13.1 Å². The topological polar surface area (TPSA) is 46.3 Å². The number of thiophene rings is 1. The summed E-state index contributed by atoms with van der Waals surface area (Å²) in [7, 11) is 0. The van der Waals surface area contributed by atoms with Gasteiger partial charge in [-0.3, -0.25) is 4.79 Å². The highest BCUT2D eigenvalue weighted by Gasteiger charge is 2.34. The van der Waals surface area contributed by atoms with Crippen LogP contribution in [0, 0.1) is 6.92 Å². The van der Waals surface area contributed by atoms with E-state index < -0.39 is 0 Å². The Morgan fingerprint density at radius 3 is 2.59 bits per heavy atom. The van der Waals surface area contributed by atoms with Gasteiger partial charge in [-0.05, 0) is 34.5 Å². The van der Waals surface area contributed by atoms with Crippen LogP contribution in [-0.2, 0) is 0 Å². The minimum atomic E-state index is -0.00476. The van der Waals surface area contributed by atoms with Crippen LogP contribution in [-0.4, -0.2) is 29.9 Å². The van der Waals surface area contributed by atoms with E-state index in [9.17, 15) is 4.79 Å². The van der Waals surface area contributed by atoms with Crippen molar-refractivity contribution in [3.63, 3.8) is 0 Å². The molecule has 0 bridgehead atoms. The number of amides is 1. The van der Waals surface area contributed by atoms with Gasteiger partial charge in [0, 0.05) is 29.9 Å². The third kappa shape index (κ3) is 3.38. The molecule has 118 valence electrons. The number of hydrogen-bond acceptors (Lipinski definition) is 3. The second-order valence-electron chi connectivity index (χ2n) is 5.44. The van der Waals surface area contributed by atoms with E-state index >= 15 is 0 Å². The van der Waals surface area contributed by atoms with E-state index in [1.807, 2.05) is 36.1 Å². The molecule has 1 aromatic carbocycles. The van der Waals surface area contributed by atoms with Crippen molar-refractivity contribution in [2.24, 2.45) is 5.73 Å². The monoisotopic (exact) mass is 400 g/mol. The summed E-state index contributed by atoms with van der Waals surface area (Å²) in [5, 5.41) is 0. The maximum atomic E-state index is 12.7. The zero-order valence-corrected chi connectivity index (χ0v) is 15.4. The smallest absolute Gasteiger partial charge is 0.255 e. The van der Waals surface area contributed by atoms with Crippen molar-refractivity contribution < 1.29 is 4.79 Å². The summed E-state index contributed by atoms with van der Waals surface area (Å²) >= 11 is 5.07. The number of hydrogen-bond donors (Lipinski definition) is 1. The summed E-state index contributed by atoms with van der Waals surface area (Å²) in [6.07, 6.45) is 0. The Kier molecular flexibility index (Phi) is 5.66. The standard InChI is InChI=1S/C16H17BrN2OS.ClH/c1-10-7-12(15(17)21-10)16(20)19-8-13(14(18)9-19)11-5-3-2-4-6-11;/h2-7,13-14H,8-9,18H2,1H3;1H/t13-,14+;/m0./s1. The van der Waals surface area contributed by atoms with Gasteiger partial charge in [-0.15, -0.1) is 23.7 Å². The van der Waals surface area contributed by atoms with Gasteiger partial charge in [0.1, 0.15) is 0 Å². The van der Waals surface area contributed by atoms with E-state index in [4.69, 9.17) is 5.73 Å². The minimum Gasteiger partial charge on any atom is -0.336 e. The molecule has 2 atom stereocenters. The lowest BCUT2D eigenvalue weighted by Gasteiger charge is -2.16. The van der Waals surface area contributed by atoms with Crippen LogP contribution in [0.2, 0.25) is 0 Å². The molecule has 3 nitrogen and oxygen atoms in total. The van der Waals surface area contributed by atoms with Crippen molar-refractivity contribution in [3.05, 3.63) is 56.2 Å². The van der Waals surface area contributed by atoms with Crippen molar-refractivity contribution in [2.45, 2.75) is 18.9 Å². The molecule has 1 aliphatic rings. The molecule has 1 aromatic heterocycles. The first kappa shape index (κ1) is 17.5. The first-order valence-corrected chi connectivity index (χ1v) is 8.53. The van der Waals surface area contributed by atoms with E-state index in [0.717, 1.165) is 14.2 Å². The first-order valence-electron chi connectivity index (χ1n) is 6.92. The summed E-state index contributed by atoms with van der Waals surface area (Å²) in [6.45, 7) is 3.31. The maximum absolute atomic E-state index is 12.7. The molecule has 2 aromatic rings. The Bertz CT molecular complexity index is 661. The Labute approximate surface area is 149 Å². The molecule has 2 N–H and O–H groups in total. The number of carbonyl (C=O) groups is 1. The zero-order valence-electron chi connectivity index (χ0n) is 12.2. The SMILES string of the molecule is Cc1cc(C(=O)N2C[C@@H](N)[C@H](c3ccccc3)C2)c(Br)s1.Cl. The fraction of sp³-hybridized carbons (Fsp3) is 0.312. The number of nitrogens with two attached hydrogens (primary N) is 1. The third-order valence-electron chi connectivity index (χ3n) is 3.92. The maximum Gasteiger partial charge on any atom is 0.255 e. The molecule has 0 radical (unpaired) electrons. The minimum absolute atomic E-state index is 0. The summed E-state index contributed by atoms with van der Waals surface area (Å²) < 4.78 is 0.904. The zero-order chi connectivity index (χ0) is 15.0. The van der Waals surface area contributed by atoms with Crippen LogP contribution in [0.4, 0.5) is 0 Å². The lowest BCUT2D eigenvalue weighted by molar-refractivity contribution is 0.0789. The van der Waals surface area contributed by atoms with Gasteiger partial charge in [-0.25, -0.2) is 0 Å². The molecular weight excluding hydrogens is 384 g/mol. The molecule has 1 amide bonds. The predicted molar refractivity (Wildman–Crippen MR) is 97.1 cm³/mol. The molecule has 22 heavy (non-hydrogen) atoms. The molecule has 0 spiro atoms. The van der Waals surface area contributed by atoms with Crippen LogP contribution in [0.3, 0.4) is 0 Å². The van der Waals surface area contributed by atoms with Crippen LogP contribution in [0.1, 0.15) is 26.7 Å². The van der Waals surface area contributed by atoms with Gasteiger partial charge in [0.25, 0.3) is 5.91 Å². The lowest BCUT2D eigenvalue weighted by atomic mass is 9.95. The van der Waals surface area contributed by atoms with Crippen molar-refractivity contribution in [3.8, 4) is 0 Å². The third-order valence-corrected chi connectivity index (χ3v) is 5.67. The Hall–Kier alpha value is -0.880. The normalized spacial score (nSPS) is 20.8. The van der Waals surface area contributed by atoms with E-state index in [1.54, 1.807) is 11.3 Å². The largest absolute Gasteiger partial charge is 0.336 e. The highest BCUT2D eigenvalue weighted by molar-refractivity contribution is 9.11. The number of aryl methyl sites for hydroxylation is 1. The van der Waals surface area contributed by atoms with Gasteiger partial charge in [-0.2, -0.15) is 0 Å². The van der Waals surface area contributed by atoms with E-state index in [-0.39, 0.29) is 30.3 Å². The fourth-order valence-electron chi connectivity index (χ4n) is 2.85. The van der Waals surface area contributed by atoms with Gasteiger partial charge in [-0.1, -0.05) is 30.3 Å². The molecule has 1 fully saturated rings. The lowest BCUT2D eigenvalue weighted by Crippen LogP contribution is -2.32. The number of carbonyl (C=O) groups excluding carboxylic acids is 1. The molecule has 1 saturated heterocycles. The second-order valence-corrected chi connectivity index (χ2v) is 8.01. The number of benzene rings is 1. The average molecular weight is 402 g/mol. The predicted octanol–water partition coefficient (Wildman–Crippen LogP) is 3.81. The van der Waals surface area contributed by atoms with Crippen LogP contribution in [0.15, 0.2) is 40.2 Å². The summed E-state index contributed by atoms with van der Waals surface area (Å²) in [5.74, 6) is 0.286. The summed E-state index contributed by atoms with van der Waals surface area (Å²) in [6, 6.07) is 12.1. The van der Waals surface area contributed by atoms with Crippen molar-refractivity contribution in [1.82, 2.24) is 4.90 Å². The Balaban J connectivity index is 0.00000176. The summed E-state index contributed by atoms with van der Waals surface area (Å²) in [5.41, 5.74) is 8.22. The molecule has 0 aliphatic carbocycles. The van der Waals surface area contributed by atoms with Gasteiger partial charge in [0.05, 0.1) is 9.35 Å². The molecule has 0 saturated carbocycles. The van der Waals surface area contributed by atoms with Crippen LogP contribution in [0.25, 0.3) is 0 Å². The Morgan fingerprint density at radius 2 is 2.00 bits per heavy atom. The van der Waals surface area contributed by atoms with Crippen molar-refractivity contribution >= 4 is 45.6 Å². The highest BCUT2D eigenvalue weighted by Crippen LogP contribution is 2.32. The van der Waals surface area contributed by atoms with E-state index in [1.165, 1.54) is 5.56 Å². The average Bonchev–Trinajstić information content (AvgIpc) is 3.02. The van der Waals surface area contributed by atoms with Gasteiger partial charge in [0.2, 0.25) is 0 Å². The van der Waals surface area contributed by atoms with Crippen LogP contribution in [0.5, 0.6) is 0 Å². The molecule has 1 aliphatic heterocycles. The first-order chi connectivity index (χ1) is 10.1. The number of rotatable bonds is 2. The van der Waals surface area contributed by atoms with Crippen LogP contribution < -0.4 is 5.73 Å². The quantitative estimate of drug-likeness (QED) is 0.832. The highest BCUT2D eigenvalue weighted by atomic mass is 79.9. The fourth-order valence-corrected chi connectivity index (χ4v) is 4.62. The second kappa shape index (κ2) is 7.13. The van der Waals surface area contributed by atoms with Gasteiger partial charge >= 0.3 is 0 Å². The number of nitrogens with zero attached hydrogens (tertiary/aromatic N) is 1. The molecule has 0 unspecified atom stereocenters. The Morgan fingerprint density at radius 1 is 1.32 bits per heavy atom. The molecule has 6 heteroatoms. The molecular formula is C16H18BrClN2OS. The van der Waals surface area contributed by atoms with Gasteiger partial charge in [0.15, 0.2) is 0 Å². The molecule has 2 heterocycles. The molecule has 3 rings (SSSR count). The van der Waals surface area contributed by atoms with Crippen LogP contribution >= 0.6 is 39.7 Å². The number of likely N-dealkylation sites (tertiary alicyclic amines) is 1. The number of halogens is 2. The van der Waals surface area contributed by atoms with Crippen molar-refractivity contribution in [2.75, 3.05) is 13.1 Å². The van der Waals surface area contributed by atoms with Gasteiger partial charge < -0.3 is 10.6 Å². The van der Waals surface area contributed by atoms with Crippen molar-refractivity contribution in [1.29, 1.82) is 0 Å². The van der Waals surface area contributed by atoms with E-state index in [2.05, 4.69) is 28.1 Å².